The van der Waals surface area contributed by atoms with E-state index >= 15 is 0 Å². The first-order chi connectivity index (χ1) is 17.4. The summed E-state index contributed by atoms with van der Waals surface area (Å²) in [5, 5.41) is 1.73. The molecule has 2 aromatic heterocycles. The molecule has 3 aromatic rings. The Hall–Kier alpha value is -2.74. The minimum atomic E-state index is -3.55. The fourth-order valence-corrected chi connectivity index (χ4v) is 7.91. The largest absolute Gasteiger partial charge is 0.486 e. The number of sulfonamides is 1. The molecule has 36 heavy (non-hydrogen) atoms. The van der Waals surface area contributed by atoms with Crippen LogP contribution in [0.25, 0.3) is 10.2 Å². The Labute approximate surface area is 215 Å². The standard InChI is InChI=1S/C23H25N3O7S3/c1-2-31-20(27)14-26-16-12-17-18(33-10-9-32-17)13-19(16)35-23(26)24-22(28)15-5-7-25(8-6-15)36(29,30)21-4-3-11-34-21/h3-4,11-13,15H,2,5-10,14H2,1H3. The van der Waals surface area contributed by atoms with Crippen LogP contribution >= 0.6 is 22.7 Å². The molecule has 1 aromatic carbocycles. The van der Waals surface area contributed by atoms with E-state index < -0.39 is 21.9 Å². The number of carbonyl (C=O) groups excluding carboxylic acids is 2. The number of hydrogen-bond acceptors (Lipinski definition) is 9. The number of thiazole rings is 1. The molecule has 1 amide bonds. The molecule has 192 valence electrons. The quantitative estimate of drug-likeness (QED) is 0.433. The van der Waals surface area contributed by atoms with E-state index in [0.29, 0.717) is 52.1 Å². The van der Waals surface area contributed by atoms with Crippen LogP contribution in [0.15, 0.2) is 38.8 Å². The smallest absolute Gasteiger partial charge is 0.326 e. The molecule has 0 saturated carbocycles. The third-order valence-electron chi connectivity index (χ3n) is 6.04. The van der Waals surface area contributed by atoms with Crippen molar-refractivity contribution < 1.29 is 32.2 Å². The number of rotatable bonds is 6. The first kappa shape index (κ1) is 24.9. The number of piperidine rings is 1. The van der Waals surface area contributed by atoms with Gasteiger partial charge in [-0.3, -0.25) is 9.59 Å². The van der Waals surface area contributed by atoms with Crippen molar-refractivity contribution in [2.75, 3.05) is 32.9 Å². The number of amides is 1. The molecule has 0 N–H and O–H groups in total. The molecular formula is C23H25N3O7S3. The molecule has 0 radical (unpaired) electrons. The minimum Gasteiger partial charge on any atom is -0.486 e. The molecule has 10 nitrogen and oxygen atoms in total. The van der Waals surface area contributed by atoms with Crippen molar-refractivity contribution >= 4 is 54.8 Å². The van der Waals surface area contributed by atoms with Crippen molar-refractivity contribution in [2.24, 2.45) is 10.9 Å². The van der Waals surface area contributed by atoms with Gasteiger partial charge in [-0.25, -0.2) is 8.42 Å². The molecule has 4 heterocycles. The van der Waals surface area contributed by atoms with E-state index in [2.05, 4.69) is 4.99 Å². The summed E-state index contributed by atoms with van der Waals surface area (Å²) < 4.78 is 46.2. The van der Waals surface area contributed by atoms with E-state index in [0.717, 1.165) is 4.70 Å². The Balaban J connectivity index is 1.41. The average Bonchev–Trinajstić information content (AvgIpc) is 3.52. The van der Waals surface area contributed by atoms with Crippen molar-refractivity contribution in [3.8, 4) is 11.5 Å². The first-order valence-corrected chi connectivity index (χ1v) is 14.7. The summed E-state index contributed by atoms with van der Waals surface area (Å²) >= 11 is 2.46. The van der Waals surface area contributed by atoms with Gasteiger partial charge < -0.3 is 18.8 Å². The molecule has 2 aliphatic heterocycles. The van der Waals surface area contributed by atoms with Crippen LogP contribution in [-0.2, 0) is 30.9 Å². The summed E-state index contributed by atoms with van der Waals surface area (Å²) in [7, 11) is -3.55. The SMILES string of the molecule is CCOC(=O)Cn1c(=NC(=O)C2CCN(S(=O)(=O)c3cccs3)CC2)sc2cc3c(cc21)OCCO3. The topological polar surface area (TPSA) is 116 Å². The van der Waals surface area contributed by atoms with Crippen molar-refractivity contribution in [1.82, 2.24) is 8.87 Å². The third-order valence-corrected chi connectivity index (χ3v) is 10.4. The van der Waals surface area contributed by atoms with Gasteiger partial charge in [0.05, 0.1) is 16.8 Å². The molecule has 0 atom stereocenters. The predicted molar refractivity (Wildman–Crippen MR) is 134 cm³/mol. The Kier molecular flexibility index (Phi) is 7.15. The van der Waals surface area contributed by atoms with E-state index in [1.54, 1.807) is 35.1 Å². The van der Waals surface area contributed by atoms with Gasteiger partial charge in [-0.2, -0.15) is 9.30 Å². The summed E-state index contributed by atoms with van der Waals surface area (Å²) in [4.78, 5) is 30.2. The van der Waals surface area contributed by atoms with Crippen LogP contribution in [0.2, 0.25) is 0 Å². The van der Waals surface area contributed by atoms with Crippen LogP contribution in [0.5, 0.6) is 11.5 Å². The van der Waals surface area contributed by atoms with Gasteiger partial charge in [-0.1, -0.05) is 17.4 Å². The molecule has 0 aliphatic carbocycles. The van der Waals surface area contributed by atoms with E-state index in [-0.39, 0.29) is 32.1 Å². The molecule has 0 bridgehead atoms. The predicted octanol–water partition coefficient (Wildman–Crippen LogP) is 2.63. The highest BCUT2D eigenvalue weighted by Gasteiger charge is 2.32. The van der Waals surface area contributed by atoms with Gasteiger partial charge in [0.15, 0.2) is 16.3 Å². The number of aromatic nitrogens is 1. The van der Waals surface area contributed by atoms with Crippen LogP contribution in [0.1, 0.15) is 19.8 Å². The Morgan fingerprint density at radius 2 is 1.89 bits per heavy atom. The number of carbonyl (C=O) groups is 2. The second kappa shape index (κ2) is 10.3. The van der Waals surface area contributed by atoms with Gasteiger partial charge >= 0.3 is 5.97 Å². The van der Waals surface area contributed by atoms with Crippen LogP contribution in [-0.4, -0.2) is 62.1 Å². The molecule has 1 fully saturated rings. The Bertz CT molecular complexity index is 1450. The molecular weight excluding hydrogens is 526 g/mol. The number of hydrogen-bond donors (Lipinski definition) is 0. The zero-order valence-corrected chi connectivity index (χ0v) is 22.0. The molecule has 0 unspecified atom stereocenters. The summed E-state index contributed by atoms with van der Waals surface area (Å²) in [5.41, 5.74) is 0.695. The van der Waals surface area contributed by atoms with Crippen LogP contribution in [0.3, 0.4) is 0 Å². The van der Waals surface area contributed by atoms with E-state index in [1.807, 2.05) is 6.07 Å². The minimum absolute atomic E-state index is 0.100. The zero-order chi connectivity index (χ0) is 25.3. The maximum absolute atomic E-state index is 13.1. The van der Waals surface area contributed by atoms with Crippen molar-refractivity contribution in [2.45, 2.75) is 30.5 Å². The fourth-order valence-electron chi connectivity index (χ4n) is 4.25. The lowest BCUT2D eigenvalue weighted by Crippen LogP contribution is -2.40. The monoisotopic (exact) mass is 551 g/mol. The second-order valence-corrected chi connectivity index (χ2v) is 12.4. The van der Waals surface area contributed by atoms with Gasteiger partial charge in [0.25, 0.3) is 15.9 Å². The summed E-state index contributed by atoms with van der Waals surface area (Å²) in [6.45, 7) is 3.25. The van der Waals surface area contributed by atoms with Crippen molar-refractivity contribution in [3.63, 3.8) is 0 Å². The lowest BCUT2D eigenvalue weighted by Gasteiger charge is -2.29. The maximum Gasteiger partial charge on any atom is 0.326 e. The van der Waals surface area contributed by atoms with E-state index in [4.69, 9.17) is 14.2 Å². The normalized spacial score (nSPS) is 17.4. The highest BCUT2D eigenvalue weighted by atomic mass is 32.2. The third kappa shape index (κ3) is 4.92. The van der Waals surface area contributed by atoms with Crippen LogP contribution in [0.4, 0.5) is 0 Å². The number of fused-ring (bicyclic) bond motifs is 2. The van der Waals surface area contributed by atoms with E-state index in [1.165, 1.54) is 27.0 Å². The first-order valence-electron chi connectivity index (χ1n) is 11.6. The highest BCUT2D eigenvalue weighted by molar-refractivity contribution is 7.91. The van der Waals surface area contributed by atoms with Gasteiger partial charge in [0.2, 0.25) is 0 Å². The van der Waals surface area contributed by atoms with Crippen molar-refractivity contribution in [3.05, 3.63) is 34.4 Å². The van der Waals surface area contributed by atoms with Gasteiger partial charge in [0.1, 0.15) is 24.0 Å². The number of ether oxygens (including phenoxy) is 3. The molecule has 2 aliphatic rings. The zero-order valence-electron chi connectivity index (χ0n) is 19.5. The lowest BCUT2D eigenvalue weighted by molar-refractivity contribution is -0.143. The highest BCUT2D eigenvalue weighted by Crippen LogP contribution is 2.35. The fraction of sp³-hybridized carbons (Fsp3) is 0.435. The number of nitrogens with zero attached hydrogens (tertiary/aromatic N) is 3. The Morgan fingerprint density at radius 1 is 1.17 bits per heavy atom. The second-order valence-electron chi connectivity index (χ2n) is 8.30. The van der Waals surface area contributed by atoms with Crippen LogP contribution < -0.4 is 14.3 Å². The number of thiophene rings is 1. The van der Waals surface area contributed by atoms with E-state index in [9.17, 15) is 18.0 Å². The molecule has 0 spiro atoms. The molecule has 13 heteroatoms. The average molecular weight is 552 g/mol. The van der Waals surface area contributed by atoms with Gasteiger partial charge in [0, 0.05) is 31.1 Å². The lowest BCUT2D eigenvalue weighted by atomic mass is 9.98. The summed E-state index contributed by atoms with van der Waals surface area (Å²) in [6, 6.07) is 6.91. The maximum atomic E-state index is 13.1. The summed E-state index contributed by atoms with van der Waals surface area (Å²) in [5.74, 6) is 0.00966. The molecule has 5 rings (SSSR count). The van der Waals surface area contributed by atoms with Gasteiger partial charge in [-0.05, 0) is 31.2 Å². The Morgan fingerprint density at radius 3 is 2.56 bits per heavy atom. The molecule has 1 saturated heterocycles. The number of benzene rings is 1. The summed E-state index contributed by atoms with van der Waals surface area (Å²) in [6.07, 6.45) is 0.761. The van der Waals surface area contributed by atoms with Crippen molar-refractivity contribution in [1.29, 1.82) is 0 Å². The number of esters is 1. The van der Waals surface area contributed by atoms with Gasteiger partial charge in [-0.15, -0.1) is 11.3 Å². The van der Waals surface area contributed by atoms with Crippen LogP contribution in [0, 0.1) is 5.92 Å².